The van der Waals surface area contributed by atoms with E-state index in [0.29, 0.717) is 6.04 Å². The molecule has 1 aliphatic rings. The van der Waals surface area contributed by atoms with Gasteiger partial charge in [0, 0.05) is 25.7 Å². The van der Waals surface area contributed by atoms with Gasteiger partial charge >= 0.3 is 0 Å². The first kappa shape index (κ1) is 12.4. The van der Waals surface area contributed by atoms with E-state index in [0.717, 1.165) is 32.0 Å². The summed E-state index contributed by atoms with van der Waals surface area (Å²) in [6.45, 7) is 8.09. The number of piperazine rings is 1. The van der Waals surface area contributed by atoms with Crippen LogP contribution in [-0.4, -0.2) is 38.2 Å². The topological polar surface area (TPSA) is 24.5 Å². The maximum absolute atomic E-state index is 5.58. The zero-order chi connectivity index (χ0) is 12.3. The number of benzene rings is 1. The highest BCUT2D eigenvalue weighted by Crippen LogP contribution is 2.26. The molecular weight excluding hydrogens is 212 g/mol. The van der Waals surface area contributed by atoms with E-state index in [4.69, 9.17) is 4.74 Å². The number of rotatable bonds is 3. The molecule has 0 aliphatic carbocycles. The molecular formula is C14H22N2O. The molecule has 94 valence electrons. The molecule has 0 spiro atoms. The molecule has 1 N–H and O–H groups in total. The van der Waals surface area contributed by atoms with E-state index >= 15 is 0 Å². The lowest BCUT2D eigenvalue weighted by atomic mass is 10.0. The van der Waals surface area contributed by atoms with Gasteiger partial charge in [-0.1, -0.05) is 12.1 Å². The second-order valence-corrected chi connectivity index (χ2v) is 4.66. The maximum atomic E-state index is 5.58. The van der Waals surface area contributed by atoms with Crippen molar-refractivity contribution in [1.29, 1.82) is 0 Å². The standard InChI is InChI=1S/C14H22N2O/c1-4-17-14-6-5-12(9-11(14)2)13-10-15-7-8-16(13)3/h5-6,9,13,15H,4,7-8,10H2,1-3H3. The lowest BCUT2D eigenvalue weighted by Gasteiger charge is -2.33. The van der Waals surface area contributed by atoms with Crippen molar-refractivity contribution < 1.29 is 4.74 Å². The fourth-order valence-electron chi connectivity index (χ4n) is 2.38. The van der Waals surface area contributed by atoms with E-state index in [1.54, 1.807) is 0 Å². The molecule has 17 heavy (non-hydrogen) atoms. The van der Waals surface area contributed by atoms with Gasteiger partial charge in [-0.2, -0.15) is 0 Å². The molecule has 0 aromatic heterocycles. The van der Waals surface area contributed by atoms with Crippen molar-refractivity contribution in [1.82, 2.24) is 10.2 Å². The van der Waals surface area contributed by atoms with Crippen LogP contribution < -0.4 is 10.1 Å². The first-order valence-corrected chi connectivity index (χ1v) is 6.36. The van der Waals surface area contributed by atoms with Crippen molar-refractivity contribution >= 4 is 0 Å². The molecule has 0 saturated carbocycles. The van der Waals surface area contributed by atoms with Crippen molar-refractivity contribution in [3.8, 4) is 5.75 Å². The molecule has 1 fully saturated rings. The second kappa shape index (κ2) is 5.52. The summed E-state index contributed by atoms with van der Waals surface area (Å²) in [5.74, 6) is 1.00. The summed E-state index contributed by atoms with van der Waals surface area (Å²) in [6, 6.07) is 7.01. The highest BCUT2D eigenvalue weighted by Gasteiger charge is 2.20. The molecule has 1 aromatic rings. The third-order valence-corrected chi connectivity index (χ3v) is 3.39. The highest BCUT2D eigenvalue weighted by molar-refractivity contribution is 5.37. The van der Waals surface area contributed by atoms with Crippen LogP contribution in [0.3, 0.4) is 0 Å². The van der Waals surface area contributed by atoms with E-state index < -0.39 is 0 Å². The Kier molecular flexibility index (Phi) is 4.02. The van der Waals surface area contributed by atoms with Crippen LogP contribution in [0.4, 0.5) is 0 Å². The molecule has 1 unspecified atom stereocenters. The van der Waals surface area contributed by atoms with Crippen LogP contribution in [0.25, 0.3) is 0 Å². The number of hydrogen-bond acceptors (Lipinski definition) is 3. The summed E-state index contributed by atoms with van der Waals surface area (Å²) >= 11 is 0. The molecule has 0 radical (unpaired) electrons. The fourth-order valence-corrected chi connectivity index (χ4v) is 2.38. The quantitative estimate of drug-likeness (QED) is 0.865. The molecule has 1 saturated heterocycles. The van der Waals surface area contributed by atoms with Gasteiger partial charge in [-0.05, 0) is 38.1 Å². The molecule has 3 heteroatoms. The van der Waals surface area contributed by atoms with Crippen molar-refractivity contribution in [3.63, 3.8) is 0 Å². The zero-order valence-electron chi connectivity index (χ0n) is 11.0. The van der Waals surface area contributed by atoms with Crippen molar-refractivity contribution in [3.05, 3.63) is 29.3 Å². The molecule has 0 bridgehead atoms. The second-order valence-electron chi connectivity index (χ2n) is 4.66. The molecule has 0 amide bonds. The Balaban J connectivity index is 2.18. The van der Waals surface area contributed by atoms with Crippen molar-refractivity contribution in [2.45, 2.75) is 19.9 Å². The zero-order valence-corrected chi connectivity index (χ0v) is 11.0. The first-order valence-electron chi connectivity index (χ1n) is 6.36. The SMILES string of the molecule is CCOc1ccc(C2CNCCN2C)cc1C. The Labute approximate surface area is 104 Å². The molecule has 2 rings (SSSR count). The van der Waals surface area contributed by atoms with E-state index in [1.807, 2.05) is 6.92 Å². The predicted octanol–water partition coefficient (Wildman–Crippen LogP) is 1.97. The van der Waals surface area contributed by atoms with Gasteiger partial charge in [-0.3, -0.25) is 4.90 Å². The molecule has 3 nitrogen and oxygen atoms in total. The largest absolute Gasteiger partial charge is 0.494 e. The number of ether oxygens (including phenoxy) is 1. The van der Waals surface area contributed by atoms with Gasteiger partial charge in [-0.15, -0.1) is 0 Å². The summed E-state index contributed by atoms with van der Waals surface area (Å²) in [6.07, 6.45) is 0. The van der Waals surface area contributed by atoms with E-state index in [9.17, 15) is 0 Å². The lowest BCUT2D eigenvalue weighted by molar-refractivity contribution is 0.202. The van der Waals surface area contributed by atoms with E-state index in [2.05, 4.69) is 42.4 Å². The van der Waals surface area contributed by atoms with Gasteiger partial charge in [0.05, 0.1) is 6.61 Å². The summed E-state index contributed by atoms with van der Waals surface area (Å²) in [5, 5.41) is 3.45. The number of likely N-dealkylation sites (N-methyl/N-ethyl adjacent to an activating group) is 1. The Bertz CT molecular complexity index is 378. The van der Waals surface area contributed by atoms with E-state index in [-0.39, 0.29) is 0 Å². The van der Waals surface area contributed by atoms with Gasteiger partial charge in [0.1, 0.15) is 5.75 Å². The van der Waals surface area contributed by atoms with Crippen LogP contribution in [0.15, 0.2) is 18.2 Å². The summed E-state index contributed by atoms with van der Waals surface area (Å²) in [4.78, 5) is 2.41. The number of aryl methyl sites for hydroxylation is 1. The summed E-state index contributed by atoms with van der Waals surface area (Å²) in [5.41, 5.74) is 2.60. The lowest BCUT2D eigenvalue weighted by Crippen LogP contribution is -2.43. The Morgan fingerprint density at radius 3 is 2.94 bits per heavy atom. The molecule has 1 aromatic carbocycles. The highest BCUT2D eigenvalue weighted by atomic mass is 16.5. The normalized spacial score (nSPS) is 21.5. The Morgan fingerprint density at radius 2 is 2.29 bits per heavy atom. The molecule has 1 atom stereocenters. The third kappa shape index (κ3) is 2.79. The molecule has 1 aliphatic heterocycles. The van der Waals surface area contributed by atoms with Crippen molar-refractivity contribution in [2.75, 3.05) is 33.3 Å². The minimum Gasteiger partial charge on any atom is -0.494 e. The first-order chi connectivity index (χ1) is 8.22. The van der Waals surface area contributed by atoms with E-state index in [1.165, 1.54) is 11.1 Å². The number of hydrogen-bond donors (Lipinski definition) is 1. The van der Waals surface area contributed by atoms with Crippen LogP contribution in [-0.2, 0) is 0 Å². The van der Waals surface area contributed by atoms with Gasteiger partial charge in [0.15, 0.2) is 0 Å². The van der Waals surface area contributed by atoms with Crippen LogP contribution in [0, 0.1) is 6.92 Å². The van der Waals surface area contributed by atoms with Gasteiger partial charge in [0.25, 0.3) is 0 Å². The van der Waals surface area contributed by atoms with Crippen LogP contribution >= 0.6 is 0 Å². The van der Waals surface area contributed by atoms with Gasteiger partial charge < -0.3 is 10.1 Å². The summed E-state index contributed by atoms with van der Waals surface area (Å²) in [7, 11) is 2.19. The monoisotopic (exact) mass is 234 g/mol. The van der Waals surface area contributed by atoms with Crippen LogP contribution in [0.2, 0.25) is 0 Å². The fraction of sp³-hybridized carbons (Fsp3) is 0.571. The number of nitrogens with one attached hydrogen (secondary N) is 1. The van der Waals surface area contributed by atoms with Crippen LogP contribution in [0.5, 0.6) is 5.75 Å². The summed E-state index contributed by atoms with van der Waals surface area (Å²) < 4.78 is 5.58. The maximum Gasteiger partial charge on any atom is 0.122 e. The average Bonchev–Trinajstić information content (AvgIpc) is 2.33. The minimum atomic E-state index is 0.484. The van der Waals surface area contributed by atoms with Crippen LogP contribution in [0.1, 0.15) is 24.1 Å². The third-order valence-electron chi connectivity index (χ3n) is 3.39. The average molecular weight is 234 g/mol. The van der Waals surface area contributed by atoms with Gasteiger partial charge in [0.2, 0.25) is 0 Å². The Hall–Kier alpha value is -1.06. The Morgan fingerprint density at radius 1 is 1.47 bits per heavy atom. The minimum absolute atomic E-state index is 0.484. The number of nitrogens with zero attached hydrogens (tertiary/aromatic N) is 1. The smallest absolute Gasteiger partial charge is 0.122 e. The molecule has 1 heterocycles. The van der Waals surface area contributed by atoms with Gasteiger partial charge in [-0.25, -0.2) is 0 Å². The van der Waals surface area contributed by atoms with Crippen molar-refractivity contribution in [2.24, 2.45) is 0 Å². The predicted molar refractivity (Wildman–Crippen MR) is 70.6 cm³/mol.